The van der Waals surface area contributed by atoms with Crippen molar-refractivity contribution in [1.82, 2.24) is 9.88 Å². The van der Waals surface area contributed by atoms with E-state index in [-0.39, 0.29) is 18.0 Å². The van der Waals surface area contributed by atoms with Gasteiger partial charge in [0, 0.05) is 35.8 Å². The zero-order valence-electron chi connectivity index (χ0n) is 21.0. The van der Waals surface area contributed by atoms with Crippen molar-refractivity contribution in [1.29, 1.82) is 0 Å². The van der Waals surface area contributed by atoms with Gasteiger partial charge < -0.3 is 20.1 Å². The van der Waals surface area contributed by atoms with E-state index in [9.17, 15) is 9.59 Å². The quantitative estimate of drug-likeness (QED) is 0.360. The summed E-state index contributed by atoms with van der Waals surface area (Å²) in [7, 11) is 0. The predicted octanol–water partition coefficient (Wildman–Crippen LogP) is 4.31. The number of nitrogens with zero attached hydrogens (tertiary/aromatic N) is 1. The van der Waals surface area contributed by atoms with Crippen molar-refractivity contribution in [3.05, 3.63) is 99.8 Å². The minimum absolute atomic E-state index is 0.0806. The Hall–Kier alpha value is -4.26. The summed E-state index contributed by atoms with van der Waals surface area (Å²) in [5.41, 5.74) is 4.34. The fourth-order valence-electron chi connectivity index (χ4n) is 4.50. The minimum atomic E-state index is -0.213. The van der Waals surface area contributed by atoms with E-state index in [1.54, 1.807) is 6.07 Å². The molecule has 2 heterocycles. The molecule has 37 heavy (non-hydrogen) atoms. The maximum absolute atomic E-state index is 13.6. The van der Waals surface area contributed by atoms with E-state index in [2.05, 4.69) is 29.7 Å². The summed E-state index contributed by atoms with van der Waals surface area (Å²) in [4.78, 5) is 26.5. The van der Waals surface area contributed by atoms with Gasteiger partial charge >= 0.3 is 0 Å². The number of rotatable bonds is 9. The molecule has 0 radical (unpaired) electrons. The number of pyridine rings is 1. The lowest BCUT2D eigenvalue weighted by molar-refractivity contribution is -0.121. The van der Waals surface area contributed by atoms with Crippen LogP contribution in [0.5, 0.6) is 11.5 Å². The van der Waals surface area contributed by atoms with Gasteiger partial charge in [-0.25, -0.2) is 0 Å². The first-order valence-corrected chi connectivity index (χ1v) is 12.7. The van der Waals surface area contributed by atoms with Crippen molar-refractivity contribution in [2.24, 2.45) is 0 Å². The average molecular weight is 498 g/mol. The van der Waals surface area contributed by atoms with E-state index < -0.39 is 0 Å². The largest absolute Gasteiger partial charge is 0.486 e. The average Bonchev–Trinajstić information content (AvgIpc) is 2.93. The number of anilines is 1. The van der Waals surface area contributed by atoms with Gasteiger partial charge in [0.25, 0.3) is 5.56 Å². The van der Waals surface area contributed by atoms with E-state index >= 15 is 0 Å². The number of ether oxygens (including phenoxy) is 2. The fraction of sp³-hybridized carbons (Fsp3) is 0.267. The van der Waals surface area contributed by atoms with Gasteiger partial charge in [0.05, 0.1) is 5.52 Å². The first kappa shape index (κ1) is 24.4. The first-order valence-electron chi connectivity index (χ1n) is 12.7. The Balaban J connectivity index is 1.40. The molecule has 0 saturated heterocycles. The van der Waals surface area contributed by atoms with Crippen LogP contribution >= 0.6 is 0 Å². The summed E-state index contributed by atoms with van der Waals surface area (Å²) in [6.07, 6.45) is 1.70. The molecule has 0 aliphatic carbocycles. The fourth-order valence-corrected chi connectivity index (χ4v) is 4.50. The van der Waals surface area contributed by atoms with Crippen molar-refractivity contribution in [2.45, 2.75) is 32.9 Å². The van der Waals surface area contributed by atoms with Gasteiger partial charge in [0.2, 0.25) is 5.91 Å². The lowest BCUT2D eigenvalue weighted by Crippen LogP contribution is -2.35. The standard InChI is InChI=1S/C30H31N3O4/c1-2-21-8-10-25(11-9-21)32-19-24-16-23-17-27-28(37-15-14-36-27)18-26(23)33(30(24)35)20-29(34)31-13-12-22-6-4-3-5-7-22/h3-11,16-18,32H,2,12-15,19-20H2,1H3,(H,31,34). The molecule has 4 aromatic rings. The number of aromatic nitrogens is 1. The van der Waals surface area contributed by atoms with E-state index in [4.69, 9.17) is 9.47 Å². The smallest absolute Gasteiger partial charge is 0.256 e. The molecule has 2 N–H and O–H groups in total. The molecular weight excluding hydrogens is 466 g/mol. The van der Waals surface area contributed by atoms with Crippen molar-refractivity contribution >= 4 is 22.5 Å². The Kier molecular flexibility index (Phi) is 7.40. The highest BCUT2D eigenvalue weighted by Crippen LogP contribution is 2.34. The molecular formula is C30H31N3O4. The highest BCUT2D eigenvalue weighted by molar-refractivity contribution is 5.86. The SMILES string of the molecule is CCc1ccc(NCc2cc3cc4c(cc3n(CC(=O)NCCc3ccccc3)c2=O)OCCO4)cc1. The molecule has 7 nitrogen and oxygen atoms in total. The molecule has 7 heteroatoms. The number of amides is 1. The molecule has 0 atom stereocenters. The van der Waals surface area contributed by atoms with Crippen LogP contribution < -0.4 is 25.7 Å². The van der Waals surface area contributed by atoms with Crippen LogP contribution in [0.25, 0.3) is 10.9 Å². The van der Waals surface area contributed by atoms with Gasteiger partial charge in [-0.3, -0.25) is 14.2 Å². The number of hydrogen-bond donors (Lipinski definition) is 2. The molecule has 5 rings (SSSR count). The Labute approximate surface area is 216 Å². The molecule has 3 aromatic carbocycles. The zero-order chi connectivity index (χ0) is 25.6. The number of benzene rings is 3. The number of aryl methyl sites for hydroxylation is 1. The molecule has 1 aromatic heterocycles. The topological polar surface area (TPSA) is 81.6 Å². The predicted molar refractivity (Wildman–Crippen MR) is 146 cm³/mol. The van der Waals surface area contributed by atoms with E-state index in [1.807, 2.05) is 54.6 Å². The summed E-state index contributed by atoms with van der Waals surface area (Å²) >= 11 is 0. The van der Waals surface area contributed by atoms with Gasteiger partial charge in [-0.15, -0.1) is 0 Å². The number of nitrogens with one attached hydrogen (secondary N) is 2. The Morgan fingerprint density at radius 2 is 1.65 bits per heavy atom. The van der Waals surface area contributed by atoms with E-state index in [1.165, 1.54) is 10.1 Å². The third-order valence-electron chi connectivity index (χ3n) is 6.56. The summed E-state index contributed by atoms with van der Waals surface area (Å²) in [5, 5.41) is 7.11. The lowest BCUT2D eigenvalue weighted by Gasteiger charge is -2.21. The van der Waals surface area contributed by atoms with Crippen LogP contribution in [0.1, 0.15) is 23.6 Å². The summed E-state index contributed by atoms with van der Waals surface area (Å²) < 4.78 is 13.0. The summed E-state index contributed by atoms with van der Waals surface area (Å²) in [6.45, 7) is 3.79. The number of hydrogen-bond acceptors (Lipinski definition) is 5. The van der Waals surface area contributed by atoms with Crippen LogP contribution in [0.4, 0.5) is 5.69 Å². The molecule has 0 saturated carbocycles. The maximum Gasteiger partial charge on any atom is 0.256 e. The molecule has 0 unspecified atom stereocenters. The van der Waals surface area contributed by atoms with Gasteiger partial charge in [0.15, 0.2) is 11.5 Å². The Bertz CT molecular complexity index is 1450. The van der Waals surface area contributed by atoms with Crippen LogP contribution in [-0.2, 0) is 30.7 Å². The molecule has 0 bridgehead atoms. The molecule has 190 valence electrons. The maximum atomic E-state index is 13.6. The van der Waals surface area contributed by atoms with Crippen molar-refractivity contribution in [3.8, 4) is 11.5 Å². The lowest BCUT2D eigenvalue weighted by atomic mass is 10.1. The second-order valence-electron chi connectivity index (χ2n) is 9.11. The molecule has 1 aliphatic heterocycles. The first-order chi connectivity index (χ1) is 18.1. The van der Waals surface area contributed by atoms with Gasteiger partial charge in [-0.2, -0.15) is 0 Å². The van der Waals surface area contributed by atoms with E-state index in [0.717, 1.165) is 29.5 Å². The van der Waals surface area contributed by atoms with Gasteiger partial charge in [-0.1, -0.05) is 49.4 Å². The third-order valence-corrected chi connectivity index (χ3v) is 6.56. The normalized spacial score (nSPS) is 12.4. The number of fused-ring (bicyclic) bond motifs is 2. The minimum Gasteiger partial charge on any atom is -0.486 e. The second kappa shape index (κ2) is 11.2. The Morgan fingerprint density at radius 3 is 2.38 bits per heavy atom. The zero-order valence-corrected chi connectivity index (χ0v) is 21.0. The van der Waals surface area contributed by atoms with Crippen LogP contribution in [0.15, 0.2) is 77.6 Å². The van der Waals surface area contributed by atoms with Crippen molar-refractivity contribution < 1.29 is 14.3 Å². The summed E-state index contributed by atoms with van der Waals surface area (Å²) in [5.74, 6) is 1.01. The number of carbonyl (C=O) groups is 1. The van der Waals surface area contributed by atoms with Crippen LogP contribution in [0, 0.1) is 0 Å². The van der Waals surface area contributed by atoms with Crippen molar-refractivity contribution in [2.75, 3.05) is 25.1 Å². The highest BCUT2D eigenvalue weighted by atomic mass is 16.6. The van der Waals surface area contributed by atoms with Crippen LogP contribution in [-0.4, -0.2) is 30.2 Å². The molecule has 1 amide bonds. The molecule has 0 spiro atoms. The second-order valence-corrected chi connectivity index (χ2v) is 9.11. The monoisotopic (exact) mass is 497 g/mol. The summed E-state index contributed by atoms with van der Waals surface area (Å²) in [6, 6.07) is 23.7. The highest BCUT2D eigenvalue weighted by Gasteiger charge is 2.18. The molecule has 0 fully saturated rings. The Morgan fingerprint density at radius 1 is 0.919 bits per heavy atom. The molecule has 1 aliphatic rings. The van der Waals surface area contributed by atoms with Crippen LogP contribution in [0.3, 0.4) is 0 Å². The van der Waals surface area contributed by atoms with Gasteiger partial charge in [0.1, 0.15) is 19.8 Å². The van der Waals surface area contributed by atoms with Crippen molar-refractivity contribution in [3.63, 3.8) is 0 Å². The van der Waals surface area contributed by atoms with Crippen LogP contribution in [0.2, 0.25) is 0 Å². The third kappa shape index (κ3) is 5.77. The number of carbonyl (C=O) groups excluding carboxylic acids is 1. The van der Waals surface area contributed by atoms with E-state index in [0.29, 0.717) is 48.9 Å². The van der Waals surface area contributed by atoms with Gasteiger partial charge in [-0.05, 0) is 48.2 Å².